The number of aromatic amines is 1. The van der Waals surface area contributed by atoms with Gasteiger partial charge in [0, 0.05) is 18.1 Å². The molecule has 0 radical (unpaired) electrons. The lowest BCUT2D eigenvalue weighted by Crippen LogP contribution is -2.20. The second kappa shape index (κ2) is 4.41. The van der Waals surface area contributed by atoms with Crippen LogP contribution in [0.1, 0.15) is 17.2 Å². The van der Waals surface area contributed by atoms with Gasteiger partial charge in [0.05, 0.1) is 6.04 Å². The van der Waals surface area contributed by atoms with Crippen molar-refractivity contribution in [3.8, 4) is 0 Å². The molecule has 0 aliphatic heterocycles. The van der Waals surface area contributed by atoms with E-state index in [1.807, 2.05) is 30.6 Å². The number of hydrogen-bond acceptors (Lipinski definition) is 2. The SMILES string of the molecule is CN(C)C(c1cc[nH]c1)c1cccc(N)c1. The third-order valence-corrected chi connectivity index (χ3v) is 2.68. The van der Waals surface area contributed by atoms with E-state index in [1.165, 1.54) is 11.1 Å². The molecule has 16 heavy (non-hydrogen) atoms. The molecule has 1 heterocycles. The Morgan fingerprint density at radius 3 is 2.56 bits per heavy atom. The standard InChI is InChI=1S/C13H17N3/c1-16(2)13(11-6-7-15-9-11)10-4-3-5-12(14)8-10/h3-9,13,15H,14H2,1-2H3. The van der Waals surface area contributed by atoms with Crippen LogP contribution in [0.25, 0.3) is 0 Å². The molecular formula is C13H17N3. The number of nitrogens with two attached hydrogens (primary N) is 1. The van der Waals surface area contributed by atoms with Gasteiger partial charge in [-0.1, -0.05) is 12.1 Å². The second-order valence-electron chi connectivity index (χ2n) is 4.18. The van der Waals surface area contributed by atoms with Gasteiger partial charge < -0.3 is 10.7 Å². The fraction of sp³-hybridized carbons (Fsp3) is 0.231. The first kappa shape index (κ1) is 10.8. The van der Waals surface area contributed by atoms with E-state index in [1.54, 1.807) is 0 Å². The van der Waals surface area contributed by atoms with Gasteiger partial charge in [-0.2, -0.15) is 0 Å². The Morgan fingerprint density at radius 2 is 2.00 bits per heavy atom. The third kappa shape index (κ3) is 2.09. The summed E-state index contributed by atoms with van der Waals surface area (Å²) in [5, 5.41) is 0. The van der Waals surface area contributed by atoms with Crippen molar-refractivity contribution < 1.29 is 0 Å². The summed E-state index contributed by atoms with van der Waals surface area (Å²) in [5.74, 6) is 0. The maximum absolute atomic E-state index is 5.82. The summed E-state index contributed by atoms with van der Waals surface area (Å²) in [6.45, 7) is 0. The zero-order valence-corrected chi connectivity index (χ0v) is 9.64. The molecule has 3 nitrogen and oxygen atoms in total. The molecule has 0 saturated heterocycles. The van der Waals surface area contributed by atoms with Crippen molar-refractivity contribution in [1.29, 1.82) is 0 Å². The highest BCUT2D eigenvalue weighted by molar-refractivity contribution is 5.44. The number of aromatic nitrogens is 1. The van der Waals surface area contributed by atoms with Crippen LogP contribution in [0.4, 0.5) is 5.69 Å². The summed E-state index contributed by atoms with van der Waals surface area (Å²) in [7, 11) is 4.14. The first-order chi connectivity index (χ1) is 7.68. The maximum atomic E-state index is 5.82. The minimum atomic E-state index is 0.245. The first-order valence-electron chi connectivity index (χ1n) is 5.33. The summed E-state index contributed by atoms with van der Waals surface area (Å²) >= 11 is 0. The van der Waals surface area contributed by atoms with Crippen molar-refractivity contribution in [2.45, 2.75) is 6.04 Å². The number of rotatable bonds is 3. The third-order valence-electron chi connectivity index (χ3n) is 2.68. The molecule has 1 atom stereocenters. The largest absolute Gasteiger partial charge is 0.399 e. The normalized spacial score (nSPS) is 12.9. The Kier molecular flexibility index (Phi) is 2.97. The fourth-order valence-electron chi connectivity index (χ4n) is 2.02. The summed E-state index contributed by atoms with van der Waals surface area (Å²) in [4.78, 5) is 5.27. The van der Waals surface area contributed by atoms with Gasteiger partial charge in [0.1, 0.15) is 0 Å². The van der Waals surface area contributed by atoms with Crippen LogP contribution >= 0.6 is 0 Å². The predicted molar refractivity (Wildman–Crippen MR) is 67.2 cm³/mol. The Labute approximate surface area is 95.9 Å². The summed E-state index contributed by atoms with van der Waals surface area (Å²) in [6.07, 6.45) is 3.96. The predicted octanol–water partition coefficient (Wildman–Crippen LogP) is 2.25. The lowest BCUT2D eigenvalue weighted by atomic mass is 10.00. The lowest BCUT2D eigenvalue weighted by molar-refractivity contribution is 0.342. The van der Waals surface area contributed by atoms with Gasteiger partial charge in [-0.15, -0.1) is 0 Å². The van der Waals surface area contributed by atoms with Gasteiger partial charge in [-0.05, 0) is 43.4 Å². The van der Waals surface area contributed by atoms with E-state index in [0.717, 1.165) is 5.69 Å². The van der Waals surface area contributed by atoms with Gasteiger partial charge in [0.25, 0.3) is 0 Å². The molecule has 3 heteroatoms. The van der Waals surface area contributed by atoms with Crippen LogP contribution in [0.5, 0.6) is 0 Å². The van der Waals surface area contributed by atoms with Crippen molar-refractivity contribution in [2.75, 3.05) is 19.8 Å². The molecule has 0 saturated carbocycles. The highest BCUT2D eigenvalue weighted by Crippen LogP contribution is 2.27. The van der Waals surface area contributed by atoms with Crippen molar-refractivity contribution in [3.63, 3.8) is 0 Å². The number of nitrogen functional groups attached to an aromatic ring is 1. The van der Waals surface area contributed by atoms with E-state index in [9.17, 15) is 0 Å². The van der Waals surface area contributed by atoms with E-state index in [-0.39, 0.29) is 6.04 Å². The molecule has 0 bridgehead atoms. The number of benzene rings is 1. The molecule has 84 valence electrons. The monoisotopic (exact) mass is 215 g/mol. The molecular weight excluding hydrogens is 198 g/mol. The average molecular weight is 215 g/mol. The smallest absolute Gasteiger partial charge is 0.0612 e. The molecule has 0 aliphatic carbocycles. The fourth-order valence-corrected chi connectivity index (χ4v) is 2.02. The van der Waals surface area contributed by atoms with E-state index < -0.39 is 0 Å². The molecule has 2 rings (SSSR count). The molecule has 0 spiro atoms. The number of anilines is 1. The van der Waals surface area contributed by atoms with Crippen LogP contribution in [-0.2, 0) is 0 Å². The minimum Gasteiger partial charge on any atom is -0.399 e. The summed E-state index contributed by atoms with van der Waals surface area (Å²) in [6, 6.07) is 10.4. The maximum Gasteiger partial charge on any atom is 0.0612 e. The zero-order chi connectivity index (χ0) is 11.5. The van der Waals surface area contributed by atoms with Crippen LogP contribution in [0.15, 0.2) is 42.7 Å². The molecule has 3 N–H and O–H groups in total. The van der Waals surface area contributed by atoms with Crippen LogP contribution in [0.2, 0.25) is 0 Å². The highest BCUT2D eigenvalue weighted by atomic mass is 15.1. The Bertz CT molecular complexity index is 446. The van der Waals surface area contributed by atoms with Crippen molar-refractivity contribution in [3.05, 3.63) is 53.9 Å². The van der Waals surface area contributed by atoms with Crippen molar-refractivity contribution in [1.82, 2.24) is 9.88 Å². The molecule has 1 unspecified atom stereocenters. The van der Waals surface area contributed by atoms with Crippen molar-refractivity contribution >= 4 is 5.69 Å². The molecule has 1 aromatic carbocycles. The molecule has 1 aromatic heterocycles. The lowest BCUT2D eigenvalue weighted by Gasteiger charge is -2.24. The summed E-state index contributed by atoms with van der Waals surface area (Å²) in [5.41, 5.74) is 9.09. The number of H-pyrrole nitrogens is 1. The van der Waals surface area contributed by atoms with E-state index in [4.69, 9.17) is 5.73 Å². The van der Waals surface area contributed by atoms with E-state index in [2.05, 4.69) is 36.1 Å². The Hall–Kier alpha value is -1.74. The van der Waals surface area contributed by atoms with E-state index >= 15 is 0 Å². The molecule has 2 aromatic rings. The zero-order valence-electron chi connectivity index (χ0n) is 9.64. The second-order valence-corrected chi connectivity index (χ2v) is 4.18. The van der Waals surface area contributed by atoms with Crippen LogP contribution in [-0.4, -0.2) is 24.0 Å². The summed E-state index contributed by atoms with van der Waals surface area (Å²) < 4.78 is 0. The van der Waals surface area contributed by atoms with Gasteiger partial charge in [0.2, 0.25) is 0 Å². The van der Waals surface area contributed by atoms with Gasteiger partial charge in [0.15, 0.2) is 0 Å². The van der Waals surface area contributed by atoms with Crippen LogP contribution < -0.4 is 5.73 Å². The van der Waals surface area contributed by atoms with Gasteiger partial charge in [-0.25, -0.2) is 0 Å². The van der Waals surface area contributed by atoms with E-state index in [0.29, 0.717) is 0 Å². The number of nitrogens with one attached hydrogen (secondary N) is 1. The first-order valence-corrected chi connectivity index (χ1v) is 5.33. The van der Waals surface area contributed by atoms with Crippen LogP contribution in [0.3, 0.4) is 0 Å². The highest BCUT2D eigenvalue weighted by Gasteiger charge is 2.16. The van der Waals surface area contributed by atoms with Crippen LogP contribution in [0, 0.1) is 0 Å². The topological polar surface area (TPSA) is 45.0 Å². The Morgan fingerprint density at radius 1 is 1.19 bits per heavy atom. The van der Waals surface area contributed by atoms with Gasteiger partial charge in [-0.3, -0.25) is 4.90 Å². The molecule has 0 fully saturated rings. The van der Waals surface area contributed by atoms with Gasteiger partial charge >= 0.3 is 0 Å². The number of hydrogen-bond donors (Lipinski definition) is 2. The van der Waals surface area contributed by atoms with Crippen molar-refractivity contribution in [2.24, 2.45) is 0 Å². The Balaban J connectivity index is 2.41. The number of nitrogens with zero attached hydrogens (tertiary/aromatic N) is 1. The average Bonchev–Trinajstić information content (AvgIpc) is 2.71. The molecule has 0 aliphatic rings. The quantitative estimate of drug-likeness (QED) is 0.771. The molecule has 0 amide bonds. The minimum absolute atomic E-state index is 0.245.